The minimum atomic E-state index is -0.592. The molecule has 1 aliphatic rings. The minimum Gasteiger partial charge on any atom is -0.354 e. The third-order valence-corrected chi connectivity index (χ3v) is 5.41. The van der Waals surface area contributed by atoms with Gasteiger partial charge in [-0.3, -0.25) is 9.59 Å². The van der Waals surface area contributed by atoms with E-state index in [0.717, 1.165) is 18.5 Å². The fourth-order valence-corrected chi connectivity index (χ4v) is 3.58. The van der Waals surface area contributed by atoms with E-state index in [9.17, 15) is 14.0 Å². The number of carbonyl (C=O) groups is 2. The molecular formula is C23H26FN5O2. The molecule has 0 aliphatic carbocycles. The van der Waals surface area contributed by atoms with E-state index in [1.165, 1.54) is 16.6 Å². The summed E-state index contributed by atoms with van der Waals surface area (Å²) in [4.78, 5) is 30.2. The third kappa shape index (κ3) is 4.42. The predicted octanol–water partition coefficient (Wildman–Crippen LogP) is 3.23. The lowest BCUT2D eigenvalue weighted by Crippen LogP contribution is -2.45. The molecule has 1 saturated heterocycles. The Labute approximate surface area is 180 Å². The van der Waals surface area contributed by atoms with E-state index in [0.29, 0.717) is 29.9 Å². The van der Waals surface area contributed by atoms with E-state index in [4.69, 9.17) is 0 Å². The van der Waals surface area contributed by atoms with Crippen LogP contribution in [0, 0.1) is 5.82 Å². The normalized spacial score (nSPS) is 17.3. The van der Waals surface area contributed by atoms with Gasteiger partial charge in [-0.15, -0.1) is 0 Å². The summed E-state index contributed by atoms with van der Waals surface area (Å²) in [5.74, 6) is -0.923. The van der Waals surface area contributed by atoms with Gasteiger partial charge in [0.1, 0.15) is 17.6 Å². The van der Waals surface area contributed by atoms with Gasteiger partial charge >= 0.3 is 0 Å². The molecule has 0 saturated carbocycles. The summed E-state index contributed by atoms with van der Waals surface area (Å²) in [5.41, 5.74) is 2.56. The lowest BCUT2D eigenvalue weighted by molar-refractivity contribution is -0.122. The van der Waals surface area contributed by atoms with Gasteiger partial charge in [0.05, 0.1) is 11.4 Å². The summed E-state index contributed by atoms with van der Waals surface area (Å²) >= 11 is 0. The molecular weight excluding hydrogens is 397 g/mol. The van der Waals surface area contributed by atoms with E-state index in [1.807, 2.05) is 26.8 Å². The van der Waals surface area contributed by atoms with Gasteiger partial charge in [-0.1, -0.05) is 20.8 Å². The molecule has 1 fully saturated rings. The Bertz CT molecular complexity index is 1130. The van der Waals surface area contributed by atoms with Crippen molar-refractivity contribution in [2.24, 2.45) is 0 Å². The second-order valence-electron chi connectivity index (χ2n) is 8.90. The van der Waals surface area contributed by atoms with Crippen LogP contribution in [0.1, 0.15) is 56.2 Å². The zero-order chi connectivity index (χ0) is 22.2. The van der Waals surface area contributed by atoms with Crippen molar-refractivity contribution in [2.75, 3.05) is 6.54 Å². The first-order chi connectivity index (χ1) is 14.7. The van der Waals surface area contributed by atoms with E-state index in [2.05, 4.69) is 20.7 Å². The standard InChI is InChI=1S/C23H26FN5O2/c1-23(2,3)19-13-20-26-17(14-7-9-15(24)10-8-14)12-18(29(20)28-19)22(31)27-16-6-4-5-11-25-21(16)30/h7-10,12-13,16H,4-6,11H2,1-3H3,(H,25,30)(H,27,31). The quantitative estimate of drug-likeness (QED) is 0.677. The van der Waals surface area contributed by atoms with Crippen molar-refractivity contribution >= 4 is 17.5 Å². The summed E-state index contributed by atoms with van der Waals surface area (Å²) in [6, 6.07) is 8.84. The van der Waals surface area contributed by atoms with E-state index >= 15 is 0 Å². The van der Waals surface area contributed by atoms with Crippen LogP contribution in [-0.4, -0.2) is 39.0 Å². The lowest BCUT2D eigenvalue weighted by atomic mass is 9.93. The maximum absolute atomic E-state index is 13.4. The maximum atomic E-state index is 13.4. The topological polar surface area (TPSA) is 88.4 Å². The number of amides is 2. The molecule has 7 nitrogen and oxygen atoms in total. The van der Waals surface area contributed by atoms with E-state index < -0.39 is 11.9 Å². The molecule has 0 bridgehead atoms. The zero-order valence-corrected chi connectivity index (χ0v) is 17.9. The van der Waals surface area contributed by atoms with Crippen molar-refractivity contribution in [1.82, 2.24) is 25.2 Å². The van der Waals surface area contributed by atoms with Crippen molar-refractivity contribution in [1.29, 1.82) is 0 Å². The van der Waals surface area contributed by atoms with Gasteiger partial charge in [-0.2, -0.15) is 5.10 Å². The Kier molecular flexibility index (Phi) is 5.47. The van der Waals surface area contributed by atoms with Crippen molar-refractivity contribution < 1.29 is 14.0 Å². The summed E-state index contributed by atoms with van der Waals surface area (Å²) in [5, 5.41) is 10.3. The fraction of sp³-hybridized carbons (Fsp3) is 0.391. The smallest absolute Gasteiger partial charge is 0.270 e. The number of fused-ring (bicyclic) bond motifs is 1. The van der Waals surface area contributed by atoms with Gasteiger partial charge in [-0.05, 0) is 49.6 Å². The highest BCUT2D eigenvalue weighted by atomic mass is 19.1. The molecule has 2 N–H and O–H groups in total. The van der Waals surface area contributed by atoms with Crippen LogP contribution >= 0.6 is 0 Å². The highest BCUT2D eigenvalue weighted by molar-refractivity contribution is 5.97. The summed E-state index contributed by atoms with van der Waals surface area (Å²) in [7, 11) is 0. The van der Waals surface area contributed by atoms with E-state index in [-0.39, 0.29) is 22.8 Å². The van der Waals surface area contributed by atoms with Gasteiger partial charge < -0.3 is 10.6 Å². The Morgan fingerprint density at radius 1 is 1.19 bits per heavy atom. The zero-order valence-electron chi connectivity index (χ0n) is 17.9. The summed E-state index contributed by atoms with van der Waals surface area (Å²) in [6.45, 7) is 6.72. The molecule has 2 amide bonds. The number of aromatic nitrogens is 3. The second kappa shape index (κ2) is 8.09. The van der Waals surface area contributed by atoms with Gasteiger partial charge in [0, 0.05) is 23.6 Å². The van der Waals surface area contributed by atoms with Crippen molar-refractivity contribution in [2.45, 2.75) is 51.5 Å². The lowest BCUT2D eigenvalue weighted by Gasteiger charge is -2.16. The Morgan fingerprint density at radius 2 is 1.94 bits per heavy atom. The number of nitrogens with zero attached hydrogens (tertiary/aromatic N) is 3. The SMILES string of the molecule is CC(C)(C)c1cc2nc(-c3ccc(F)cc3)cc(C(=O)NC3CCCCNC3=O)n2n1. The monoisotopic (exact) mass is 423 g/mol. The molecule has 1 unspecified atom stereocenters. The average molecular weight is 423 g/mol. The Morgan fingerprint density at radius 3 is 2.65 bits per heavy atom. The first-order valence-corrected chi connectivity index (χ1v) is 10.5. The average Bonchev–Trinajstić information content (AvgIpc) is 3.07. The predicted molar refractivity (Wildman–Crippen MR) is 115 cm³/mol. The van der Waals surface area contributed by atoms with Crippen LogP contribution in [-0.2, 0) is 10.2 Å². The fourth-order valence-electron chi connectivity index (χ4n) is 3.58. The molecule has 3 heterocycles. The molecule has 1 aromatic carbocycles. The molecule has 2 aromatic heterocycles. The molecule has 1 aliphatic heterocycles. The van der Waals surface area contributed by atoms with Gasteiger partial charge in [0.25, 0.3) is 5.91 Å². The van der Waals surface area contributed by atoms with E-state index in [1.54, 1.807) is 18.2 Å². The van der Waals surface area contributed by atoms with Gasteiger partial charge in [-0.25, -0.2) is 13.9 Å². The molecule has 3 aromatic rings. The first-order valence-electron chi connectivity index (χ1n) is 10.5. The molecule has 0 radical (unpaired) electrons. The maximum Gasteiger partial charge on any atom is 0.270 e. The number of rotatable bonds is 3. The van der Waals surface area contributed by atoms with Crippen molar-refractivity contribution in [3.05, 3.63) is 53.6 Å². The number of carbonyl (C=O) groups excluding carboxylic acids is 2. The van der Waals surface area contributed by atoms with Gasteiger partial charge in [0.2, 0.25) is 5.91 Å². The summed E-state index contributed by atoms with van der Waals surface area (Å²) < 4.78 is 14.9. The third-order valence-electron chi connectivity index (χ3n) is 5.41. The molecule has 0 spiro atoms. The number of hydrogen-bond donors (Lipinski definition) is 2. The number of halogens is 1. The number of benzene rings is 1. The molecule has 8 heteroatoms. The van der Waals surface area contributed by atoms with Gasteiger partial charge in [0.15, 0.2) is 5.65 Å². The van der Waals surface area contributed by atoms with Crippen LogP contribution in [0.15, 0.2) is 36.4 Å². The highest BCUT2D eigenvalue weighted by Gasteiger charge is 2.26. The molecule has 31 heavy (non-hydrogen) atoms. The molecule has 162 valence electrons. The Balaban J connectivity index is 1.79. The van der Waals surface area contributed by atoms with Crippen LogP contribution in [0.2, 0.25) is 0 Å². The van der Waals surface area contributed by atoms with Crippen LogP contribution in [0.3, 0.4) is 0 Å². The van der Waals surface area contributed by atoms with Crippen molar-refractivity contribution in [3.63, 3.8) is 0 Å². The Hall–Kier alpha value is -3.29. The molecule has 1 atom stereocenters. The van der Waals surface area contributed by atoms with Crippen LogP contribution < -0.4 is 10.6 Å². The summed E-state index contributed by atoms with van der Waals surface area (Å²) in [6.07, 6.45) is 2.33. The van der Waals surface area contributed by atoms with Crippen LogP contribution in [0.25, 0.3) is 16.9 Å². The number of hydrogen-bond acceptors (Lipinski definition) is 4. The van der Waals surface area contributed by atoms with Crippen LogP contribution in [0.5, 0.6) is 0 Å². The largest absolute Gasteiger partial charge is 0.354 e. The highest BCUT2D eigenvalue weighted by Crippen LogP contribution is 2.25. The first kappa shape index (κ1) is 21.0. The van der Waals surface area contributed by atoms with Crippen LogP contribution in [0.4, 0.5) is 4.39 Å². The second-order valence-corrected chi connectivity index (χ2v) is 8.90. The van der Waals surface area contributed by atoms with Crippen molar-refractivity contribution in [3.8, 4) is 11.3 Å². The minimum absolute atomic E-state index is 0.175. The molecule has 4 rings (SSSR count). The number of nitrogens with one attached hydrogen (secondary N) is 2.